The van der Waals surface area contributed by atoms with Crippen LogP contribution in [0.3, 0.4) is 0 Å². The van der Waals surface area contributed by atoms with Crippen LogP contribution in [-0.2, 0) is 6.54 Å². The smallest absolute Gasteiger partial charge is 0.371 e. The van der Waals surface area contributed by atoms with E-state index in [0.717, 1.165) is 17.7 Å². The lowest BCUT2D eigenvalue weighted by Crippen LogP contribution is -2.28. The highest BCUT2D eigenvalue weighted by Crippen LogP contribution is 2.23. The van der Waals surface area contributed by atoms with Crippen LogP contribution in [0, 0.1) is 0 Å². The fourth-order valence-corrected chi connectivity index (χ4v) is 1.74. The monoisotopic (exact) mass is 260 g/mol. The Morgan fingerprint density at radius 3 is 2.17 bits per heavy atom. The summed E-state index contributed by atoms with van der Waals surface area (Å²) in [7, 11) is 0. The fourth-order valence-electron chi connectivity index (χ4n) is 1.74. The molecule has 0 bridgehead atoms. The van der Waals surface area contributed by atoms with Crippen LogP contribution in [0.5, 0.6) is 0 Å². The molecule has 0 spiro atoms. The van der Waals surface area contributed by atoms with Crippen molar-refractivity contribution in [3.8, 4) is 0 Å². The zero-order chi connectivity index (χ0) is 13.6. The molecule has 0 atom stereocenters. The Labute approximate surface area is 106 Å². The molecular weight excluding hydrogens is 241 g/mol. The molecule has 2 nitrogen and oxygen atoms in total. The van der Waals surface area contributed by atoms with Crippen LogP contribution in [-0.4, -0.2) is 19.3 Å². The molecule has 5 heteroatoms. The average Bonchev–Trinajstić information content (AvgIpc) is 2.33. The van der Waals surface area contributed by atoms with Crippen molar-refractivity contribution in [2.75, 3.05) is 18.0 Å². The van der Waals surface area contributed by atoms with Gasteiger partial charge in [-0.15, -0.1) is 0 Å². The standard InChI is InChI=1S/C13H19F3N2/c1-2-8-18(9-7-13(14,15)16)12-5-3-11(10-17)4-6-12/h3-6H,2,7-10,17H2,1H3. The maximum Gasteiger partial charge on any atom is 0.390 e. The van der Waals surface area contributed by atoms with Crippen molar-refractivity contribution in [1.29, 1.82) is 0 Å². The number of rotatable bonds is 6. The molecule has 0 aromatic heterocycles. The molecule has 0 saturated heterocycles. The van der Waals surface area contributed by atoms with Crippen LogP contribution >= 0.6 is 0 Å². The van der Waals surface area contributed by atoms with Gasteiger partial charge in [-0.3, -0.25) is 0 Å². The predicted octanol–water partition coefficient (Wildman–Crippen LogP) is 3.31. The highest BCUT2D eigenvalue weighted by atomic mass is 19.4. The summed E-state index contributed by atoms with van der Waals surface area (Å²) in [6.45, 7) is 3.02. The number of hydrogen-bond donors (Lipinski definition) is 1. The Balaban J connectivity index is 2.70. The molecule has 1 aromatic carbocycles. The molecule has 18 heavy (non-hydrogen) atoms. The maximum atomic E-state index is 12.2. The van der Waals surface area contributed by atoms with Gasteiger partial charge in [0.1, 0.15) is 0 Å². The Morgan fingerprint density at radius 1 is 1.11 bits per heavy atom. The Hall–Kier alpha value is -1.23. The zero-order valence-electron chi connectivity index (χ0n) is 10.5. The summed E-state index contributed by atoms with van der Waals surface area (Å²) in [6, 6.07) is 7.36. The number of anilines is 1. The highest BCUT2D eigenvalue weighted by molar-refractivity contribution is 5.47. The number of hydrogen-bond acceptors (Lipinski definition) is 2. The fraction of sp³-hybridized carbons (Fsp3) is 0.538. The van der Waals surface area contributed by atoms with Crippen molar-refractivity contribution in [1.82, 2.24) is 0 Å². The maximum absolute atomic E-state index is 12.2. The van der Waals surface area contributed by atoms with Gasteiger partial charge in [-0.2, -0.15) is 13.2 Å². The largest absolute Gasteiger partial charge is 0.390 e. The molecule has 1 rings (SSSR count). The third-order valence-electron chi connectivity index (χ3n) is 2.70. The summed E-state index contributed by atoms with van der Waals surface area (Å²) in [5.74, 6) is 0. The van der Waals surface area contributed by atoms with Crippen LogP contribution in [0.4, 0.5) is 18.9 Å². The summed E-state index contributed by atoms with van der Waals surface area (Å²) in [6.07, 6.45) is -4.08. The van der Waals surface area contributed by atoms with Gasteiger partial charge in [0.25, 0.3) is 0 Å². The van der Waals surface area contributed by atoms with Gasteiger partial charge < -0.3 is 10.6 Å². The minimum absolute atomic E-state index is 0.000683. The molecule has 2 N–H and O–H groups in total. The van der Waals surface area contributed by atoms with Crippen molar-refractivity contribution in [3.63, 3.8) is 0 Å². The Kier molecular flexibility index (Phi) is 5.47. The summed E-state index contributed by atoms with van der Waals surface area (Å²) >= 11 is 0. The molecule has 1 aromatic rings. The lowest BCUT2D eigenvalue weighted by atomic mass is 10.2. The average molecular weight is 260 g/mol. The second-order valence-electron chi connectivity index (χ2n) is 4.22. The first-order chi connectivity index (χ1) is 8.46. The predicted molar refractivity (Wildman–Crippen MR) is 67.5 cm³/mol. The molecule has 0 amide bonds. The quantitative estimate of drug-likeness (QED) is 0.850. The van der Waals surface area contributed by atoms with Gasteiger partial charge in [0.15, 0.2) is 0 Å². The molecular formula is C13H19F3N2. The van der Waals surface area contributed by atoms with Gasteiger partial charge >= 0.3 is 6.18 Å². The van der Waals surface area contributed by atoms with Gasteiger partial charge in [-0.1, -0.05) is 19.1 Å². The van der Waals surface area contributed by atoms with Crippen molar-refractivity contribution in [3.05, 3.63) is 29.8 Å². The minimum atomic E-state index is -4.11. The summed E-state index contributed by atoms with van der Waals surface area (Å²) in [4.78, 5) is 1.76. The van der Waals surface area contributed by atoms with Crippen molar-refractivity contribution in [2.24, 2.45) is 5.73 Å². The lowest BCUT2D eigenvalue weighted by Gasteiger charge is -2.25. The molecule has 0 radical (unpaired) electrons. The first-order valence-corrected chi connectivity index (χ1v) is 6.07. The Morgan fingerprint density at radius 2 is 1.72 bits per heavy atom. The molecule has 0 unspecified atom stereocenters. The highest BCUT2D eigenvalue weighted by Gasteiger charge is 2.27. The molecule has 102 valence electrons. The molecule has 0 aliphatic carbocycles. The lowest BCUT2D eigenvalue weighted by molar-refractivity contribution is -0.132. The molecule has 0 fully saturated rings. The van der Waals surface area contributed by atoms with E-state index in [1.807, 2.05) is 31.2 Å². The van der Waals surface area contributed by atoms with E-state index in [4.69, 9.17) is 5.73 Å². The molecule has 0 saturated carbocycles. The van der Waals surface area contributed by atoms with E-state index in [1.165, 1.54) is 0 Å². The van der Waals surface area contributed by atoms with Gasteiger partial charge in [-0.05, 0) is 24.1 Å². The second kappa shape index (κ2) is 6.64. The van der Waals surface area contributed by atoms with E-state index in [9.17, 15) is 13.2 Å². The zero-order valence-corrected chi connectivity index (χ0v) is 10.5. The van der Waals surface area contributed by atoms with Gasteiger partial charge in [0.05, 0.1) is 6.42 Å². The third kappa shape index (κ3) is 4.96. The van der Waals surface area contributed by atoms with Crippen LogP contribution in [0.15, 0.2) is 24.3 Å². The van der Waals surface area contributed by atoms with Crippen molar-refractivity contribution >= 4 is 5.69 Å². The van der Waals surface area contributed by atoms with E-state index in [1.54, 1.807) is 4.90 Å². The summed E-state index contributed by atoms with van der Waals surface area (Å²) in [5.41, 5.74) is 7.28. The number of nitrogens with two attached hydrogens (primary N) is 1. The minimum Gasteiger partial charge on any atom is -0.371 e. The number of benzene rings is 1. The number of alkyl halides is 3. The number of nitrogens with zero attached hydrogens (tertiary/aromatic N) is 1. The molecule has 0 aliphatic heterocycles. The van der Waals surface area contributed by atoms with Gasteiger partial charge in [-0.25, -0.2) is 0 Å². The first kappa shape index (κ1) is 14.8. The van der Waals surface area contributed by atoms with Crippen LogP contribution in [0.1, 0.15) is 25.3 Å². The van der Waals surface area contributed by atoms with E-state index in [0.29, 0.717) is 13.1 Å². The van der Waals surface area contributed by atoms with Gasteiger partial charge in [0.2, 0.25) is 0 Å². The molecule has 0 heterocycles. The summed E-state index contributed by atoms with van der Waals surface area (Å²) < 4.78 is 36.7. The second-order valence-corrected chi connectivity index (χ2v) is 4.22. The Bertz CT molecular complexity index is 346. The third-order valence-corrected chi connectivity index (χ3v) is 2.70. The normalized spacial score (nSPS) is 11.6. The van der Waals surface area contributed by atoms with Crippen LogP contribution in [0.25, 0.3) is 0 Å². The van der Waals surface area contributed by atoms with E-state index < -0.39 is 12.6 Å². The van der Waals surface area contributed by atoms with Crippen molar-refractivity contribution < 1.29 is 13.2 Å². The van der Waals surface area contributed by atoms with E-state index >= 15 is 0 Å². The number of halogens is 3. The van der Waals surface area contributed by atoms with E-state index in [2.05, 4.69) is 0 Å². The van der Waals surface area contributed by atoms with Gasteiger partial charge in [0, 0.05) is 25.3 Å². The topological polar surface area (TPSA) is 29.3 Å². The van der Waals surface area contributed by atoms with Crippen LogP contribution < -0.4 is 10.6 Å². The van der Waals surface area contributed by atoms with Crippen molar-refractivity contribution in [2.45, 2.75) is 32.5 Å². The van der Waals surface area contributed by atoms with E-state index in [-0.39, 0.29) is 6.54 Å². The molecule has 0 aliphatic rings. The summed E-state index contributed by atoms with van der Waals surface area (Å²) in [5, 5.41) is 0. The SMILES string of the molecule is CCCN(CCC(F)(F)F)c1ccc(CN)cc1. The first-order valence-electron chi connectivity index (χ1n) is 6.07. The van der Waals surface area contributed by atoms with Crippen LogP contribution in [0.2, 0.25) is 0 Å².